The molecule has 6 nitrogen and oxygen atoms in total. The maximum Gasteiger partial charge on any atom is 0.584 e. The van der Waals surface area contributed by atoms with E-state index in [9.17, 15) is 4.57 Å². The maximum atomic E-state index is 10.2. The molecule has 0 saturated heterocycles. The fraction of sp³-hybridized carbons (Fsp3) is 0. The van der Waals surface area contributed by atoms with Gasteiger partial charge in [-0.1, -0.05) is 0 Å². The molecule has 2 N–H and O–H groups in total. The van der Waals surface area contributed by atoms with Crippen LogP contribution in [0.4, 0.5) is 0 Å². The Morgan fingerprint density at radius 3 is 2.64 bits per heavy atom. The molecule has 1 aromatic rings. The Hall–Kier alpha value is -0.970. The monoisotopic (exact) mass is 177 g/mol. The van der Waals surface area contributed by atoms with Gasteiger partial charge in [-0.3, -0.25) is 9.79 Å². The summed E-state index contributed by atoms with van der Waals surface area (Å²) in [5.41, 5.74) is 0. The molecule has 0 aliphatic rings. The summed E-state index contributed by atoms with van der Waals surface area (Å²) in [6, 6.07) is 3.13. The fourth-order valence-electron chi connectivity index (χ4n) is 0.473. The molecule has 0 aromatic carbocycles. The van der Waals surface area contributed by atoms with Crippen LogP contribution in [-0.4, -0.2) is 14.9 Å². The van der Waals surface area contributed by atoms with Gasteiger partial charge in [-0.25, -0.2) is 4.57 Å². The molecule has 0 aliphatic carbocycles. The third-order valence-electron chi connectivity index (χ3n) is 0.781. The Labute approximate surface area is 62.3 Å². The topological polar surface area (TPSA) is 83.5 Å². The van der Waals surface area contributed by atoms with Gasteiger partial charge in [0.25, 0.3) is 6.20 Å². The number of hydrogen-bond acceptors (Lipinski definition) is 3. The average Bonchev–Trinajstić information content (AvgIpc) is 1.85. The van der Waals surface area contributed by atoms with E-state index in [4.69, 9.17) is 9.79 Å². The third kappa shape index (κ3) is 3.08. The molecule has 0 fully saturated rings. The van der Waals surface area contributed by atoms with Crippen LogP contribution < -0.4 is 9.47 Å². The smallest absolute Gasteiger partial charge is 0.289 e. The second kappa shape index (κ2) is 2.96. The zero-order chi connectivity index (χ0) is 8.32. The first-order valence-corrected chi connectivity index (χ1v) is 4.19. The highest BCUT2D eigenvalue weighted by Crippen LogP contribution is 2.28. The molecular weight excluding hydrogens is 171 g/mol. The molecule has 0 unspecified atom stereocenters. The van der Waals surface area contributed by atoms with E-state index in [0.717, 1.165) is 0 Å². The van der Waals surface area contributed by atoms with Crippen LogP contribution in [0, 0.1) is 0 Å². The van der Waals surface area contributed by atoms with Gasteiger partial charge in [-0.05, 0) is 6.07 Å². The fourth-order valence-corrected chi connectivity index (χ4v) is 0.788. The highest BCUT2D eigenvalue weighted by atomic mass is 31.2. The molecule has 0 atom stereocenters. The minimum atomic E-state index is -4.49. The highest BCUT2D eigenvalue weighted by molar-refractivity contribution is 7.46. The molecule has 60 valence electrons. The minimum Gasteiger partial charge on any atom is -0.289 e. The summed E-state index contributed by atoms with van der Waals surface area (Å²) in [5, 5.41) is 3.47. The summed E-state index contributed by atoms with van der Waals surface area (Å²) in [4.78, 5) is 17.3. The number of hydrogen-bond donors (Lipinski definition) is 2. The van der Waals surface area contributed by atoms with E-state index < -0.39 is 7.82 Å². The van der Waals surface area contributed by atoms with Crippen molar-refractivity contribution >= 4 is 7.82 Å². The molecule has 0 amide bonds. The van der Waals surface area contributed by atoms with Crippen LogP contribution in [0.5, 0.6) is 0 Å². The maximum absolute atomic E-state index is 10.2. The van der Waals surface area contributed by atoms with Crippen molar-refractivity contribution in [3.63, 3.8) is 0 Å². The van der Waals surface area contributed by atoms with Crippen LogP contribution in [0.15, 0.2) is 24.5 Å². The van der Waals surface area contributed by atoms with Gasteiger partial charge in [0.15, 0.2) is 0 Å². The lowest BCUT2D eigenvalue weighted by molar-refractivity contribution is -0.907. The first-order chi connectivity index (χ1) is 5.08. The lowest BCUT2D eigenvalue weighted by atomic mass is 10.6. The number of nitrogens with zero attached hydrogens (tertiary/aromatic N) is 2. The Morgan fingerprint density at radius 2 is 2.18 bits per heavy atom. The van der Waals surface area contributed by atoms with Gasteiger partial charge in [0.2, 0.25) is 0 Å². The van der Waals surface area contributed by atoms with Crippen LogP contribution in [-0.2, 0) is 4.57 Å². The van der Waals surface area contributed by atoms with E-state index >= 15 is 0 Å². The second-order valence-electron chi connectivity index (χ2n) is 1.67. The largest absolute Gasteiger partial charge is 0.584 e. The van der Waals surface area contributed by atoms with Gasteiger partial charge in [-0.15, -0.1) is 4.62 Å². The average molecular weight is 177 g/mol. The first-order valence-electron chi connectivity index (χ1n) is 2.66. The third-order valence-corrected chi connectivity index (χ3v) is 1.16. The van der Waals surface area contributed by atoms with Gasteiger partial charge in [0, 0.05) is 11.2 Å². The molecule has 0 saturated carbocycles. The number of aromatic nitrogens is 2. The summed E-state index contributed by atoms with van der Waals surface area (Å²) in [6.07, 6.45) is 2.62. The zero-order valence-electron chi connectivity index (χ0n) is 5.36. The van der Waals surface area contributed by atoms with E-state index in [0.29, 0.717) is 4.85 Å². The van der Waals surface area contributed by atoms with Gasteiger partial charge < -0.3 is 0 Å². The Morgan fingerprint density at radius 1 is 1.45 bits per heavy atom. The molecule has 0 radical (unpaired) electrons. The standard InChI is InChI=1S/C4H5N2O4P/c7-11(8,9)10-6-4-2-1-3-5-6/h1-4H,(H-,7,8,9)/p+1. The van der Waals surface area contributed by atoms with E-state index in [-0.39, 0.29) is 0 Å². The molecule has 0 aliphatic heterocycles. The van der Waals surface area contributed by atoms with Crippen LogP contribution in [0.1, 0.15) is 0 Å². The van der Waals surface area contributed by atoms with Gasteiger partial charge >= 0.3 is 7.82 Å². The van der Waals surface area contributed by atoms with E-state index in [1.165, 1.54) is 18.5 Å². The van der Waals surface area contributed by atoms with Crippen LogP contribution >= 0.6 is 7.82 Å². The molecule has 7 heteroatoms. The lowest BCUT2D eigenvalue weighted by Crippen LogP contribution is -2.43. The predicted molar refractivity (Wildman–Crippen MR) is 33.1 cm³/mol. The van der Waals surface area contributed by atoms with Crippen molar-refractivity contribution in [3.8, 4) is 0 Å². The van der Waals surface area contributed by atoms with E-state index in [1.54, 1.807) is 6.07 Å². The van der Waals surface area contributed by atoms with Crippen molar-refractivity contribution in [1.82, 2.24) is 5.10 Å². The Bertz CT molecular complexity index is 271. The zero-order valence-corrected chi connectivity index (χ0v) is 6.26. The van der Waals surface area contributed by atoms with Crippen molar-refractivity contribution in [2.24, 2.45) is 0 Å². The molecule has 0 spiro atoms. The Kier molecular flexibility index (Phi) is 2.19. The van der Waals surface area contributed by atoms with Crippen molar-refractivity contribution in [1.29, 1.82) is 0 Å². The number of phosphoric acid groups is 1. The second-order valence-corrected chi connectivity index (χ2v) is 2.82. The normalized spacial score (nSPS) is 11.1. The van der Waals surface area contributed by atoms with E-state index in [2.05, 4.69) is 9.72 Å². The summed E-state index contributed by atoms with van der Waals surface area (Å²) in [7, 11) is -4.49. The predicted octanol–water partition coefficient (Wildman–Crippen LogP) is -1.11. The Balaban J connectivity index is 2.74. The summed E-state index contributed by atoms with van der Waals surface area (Å²) < 4.78 is 14.3. The van der Waals surface area contributed by atoms with Crippen molar-refractivity contribution in [3.05, 3.63) is 24.5 Å². The molecule has 0 bridgehead atoms. The molecule has 1 rings (SSSR count). The van der Waals surface area contributed by atoms with Gasteiger partial charge in [-0.2, -0.15) is 0 Å². The molecule has 11 heavy (non-hydrogen) atoms. The van der Waals surface area contributed by atoms with Gasteiger partial charge in [0.1, 0.15) is 4.85 Å². The summed E-state index contributed by atoms with van der Waals surface area (Å²) in [6.45, 7) is 0. The summed E-state index contributed by atoms with van der Waals surface area (Å²) >= 11 is 0. The lowest BCUT2D eigenvalue weighted by Gasteiger charge is -1.93. The highest BCUT2D eigenvalue weighted by Gasteiger charge is 2.23. The van der Waals surface area contributed by atoms with Crippen molar-refractivity contribution in [2.75, 3.05) is 0 Å². The first kappa shape index (κ1) is 8.13. The molecular formula is C4H6N2O4P+. The van der Waals surface area contributed by atoms with Crippen LogP contribution in [0.3, 0.4) is 0 Å². The molecule has 1 heterocycles. The number of rotatable bonds is 2. The van der Waals surface area contributed by atoms with E-state index in [1.807, 2.05) is 0 Å². The van der Waals surface area contributed by atoms with Gasteiger partial charge in [0.05, 0.1) is 6.20 Å². The SMILES string of the molecule is O=P(O)(O)O[n+]1ccccn1. The summed E-state index contributed by atoms with van der Waals surface area (Å²) in [5.74, 6) is 0. The van der Waals surface area contributed by atoms with Crippen molar-refractivity contribution in [2.45, 2.75) is 0 Å². The molecule has 1 aromatic heterocycles. The van der Waals surface area contributed by atoms with Crippen LogP contribution in [0.25, 0.3) is 0 Å². The van der Waals surface area contributed by atoms with Crippen LogP contribution in [0.2, 0.25) is 0 Å². The quantitative estimate of drug-likeness (QED) is 0.442. The van der Waals surface area contributed by atoms with Crippen molar-refractivity contribution < 1.29 is 23.8 Å². The minimum absolute atomic E-state index is 0.695.